The van der Waals surface area contributed by atoms with Gasteiger partial charge in [-0.25, -0.2) is 15.0 Å². The van der Waals surface area contributed by atoms with Crippen molar-refractivity contribution in [1.29, 1.82) is 0 Å². The van der Waals surface area contributed by atoms with Crippen molar-refractivity contribution in [1.82, 2.24) is 19.5 Å². The molecule has 0 N–H and O–H groups in total. The summed E-state index contributed by atoms with van der Waals surface area (Å²) in [5, 5.41) is 5.07. The maximum absolute atomic E-state index is 5.05. The maximum Gasteiger partial charge on any atom is 0.164 e. The van der Waals surface area contributed by atoms with E-state index in [0.717, 1.165) is 22.4 Å². The van der Waals surface area contributed by atoms with Gasteiger partial charge in [0.1, 0.15) is 0 Å². The zero-order valence-electron chi connectivity index (χ0n) is 30.3. The van der Waals surface area contributed by atoms with Crippen LogP contribution in [0.2, 0.25) is 0 Å². The second-order valence-corrected chi connectivity index (χ2v) is 15.3. The number of benzene rings is 7. The third kappa shape index (κ3) is 4.72. The van der Waals surface area contributed by atoms with Crippen LogP contribution in [0.1, 0.15) is 38.8 Å². The molecular weight excluding hydrogens is 645 g/mol. The van der Waals surface area contributed by atoms with Crippen molar-refractivity contribution in [3.05, 3.63) is 169 Å². The molecule has 4 nitrogen and oxygen atoms in total. The molecule has 0 saturated heterocycles. The van der Waals surface area contributed by atoms with E-state index in [1.165, 1.54) is 54.8 Å². The van der Waals surface area contributed by atoms with Crippen LogP contribution < -0.4 is 0 Å². The van der Waals surface area contributed by atoms with Gasteiger partial charge in [-0.3, -0.25) is 0 Å². The van der Waals surface area contributed by atoms with Crippen LogP contribution in [0.5, 0.6) is 0 Å². The Morgan fingerprint density at radius 3 is 1.68 bits per heavy atom. The number of para-hydroxylation sites is 1. The van der Waals surface area contributed by atoms with Crippen molar-refractivity contribution >= 4 is 32.6 Å². The minimum atomic E-state index is -0.137. The van der Waals surface area contributed by atoms with Gasteiger partial charge in [0.2, 0.25) is 0 Å². The summed E-state index contributed by atoms with van der Waals surface area (Å²) >= 11 is 0. The molecule has 254 valence electrons. The van der Waals surface area contributed by atoms with Gasteiger partial charge < -0.3 is 4.57 Å². The smallest absolute Gasteiger partial charge is 0.164 e. The van der Waals surface area contributed by atoms with Gasteiger partial charge in [0, 0.05) is 33.2 Å². The van der Waals surface area contributed by atoms with Crippen molar-refractivity contribution in [3.63, 3.8) is 0 Å². The Bertz CT molecular complexity index is 2820. The van der Waals surface area contributed by atoms with Gasteiger partial charge in [-0.05, 0) is 74.2 Å². The molecule has 0 fully saturated rings. The standard InChI is InChI=1S/C49H38N4/c1-48(2)40-27-26-31-16-11-12-23-36(31)44(40)39-29-38-37-24-13-14-25-42(37)53(43(38)30-41(39)49(48,3)4)35-22-15-21-34(28-35)47-51-45(32-17-7-5-8-18-32)50-46(52-47)33-19-9-6-10-20-33/h5-30H,1-4H3. The highest BCUT2D eigenvalue weighted by Gasteiger charge is 2.46. The first-order valence-corrected chi connectivity index (χ1v) is 18.4. The van der Waals surface area contributed by atoms with Crippen molar-refractivity contribution in [2.24, 2.45) is 0 Å². The molecule has 1 aliphatic carbocycles. The Morgan fingerprint density at radius 1 is 0.415 bits per heavy atom. The number of hydrogen-bond acceptors (Lipinski definition) is 3. The fraction of sp³-hybridized carbons (Fsp3) is 0.122. The number of hydrogen-bond donors (Lipinski definition) is 0. The third-order valence-electron chi connectivity index (χ3n) is 12.0. The van der Waals surface area contributed by atoms with E-state index in [-0.39, 0.29) is 10.8 Å². The molecule has 1 aliphatic rings. The van der Waals surface area contributed by atoms with Gasteiger partial charge in [0.15, 0.2) is 17.5 Å². The molecule has 0 amide bonds. The van der Waals surface area contributed by atoms with Gasteiger partial charge in [0.05, 0.1) is 11.0 Å². The molecule has 0 atom stereocenters. The van der Waals surface area contributed by atoms with Crippen LogP contribution in [-0.2, 0) is 10.8 Å². The summed E-state index contributed by atoms with van der Waals surface area (Å²) in [6.07, 6.45) is 0. The second-order valence-electron chi connectivity index (χ2n) is 15.3. The molecular formula is C49H38N4. The zero-order valence-corrected chi connectivity index (χ0v) is 30.3. The quantitative estimate of drug-likeness (QED) is 0.186. The maximum atomic E-state index is 5.05. The monoisotopic (exact) mass is 682 g/mol. The van der Waals surface area contributed by atoms with Crippen molar-refractivity contribution in [3.8, 4) is 51.0 Å². The number of fused-ring (bicyclic) bond motifs is 8. The highest BCUT2D eigenvalue weighted by molar-refractivity contribution is 6.13. The van der Waals surface area contributed by atoms with Gasteiger partial charge in [0.25, 0.3) is 0 Å². The minimum absolute atomic E-state index is 0.102. The first kappa shape index (κ1) is 31.4. The molecule has 0 saturated carbocycles. The fourth-order valence-corrected chi connectivity index (χ4v) is 8.49. The van der Waals surface area contributed by atoms with E-state index in [0.29, 0.717) is 17.5 Å². The van der Waals surface area contributed by atoms with E-state index in [2.05, 4.69) is 129 Å². The summed E-state index contributed by atoms with van der Waals surface area (Å²) in [7, 11) is 0. The van der Waals surface area contributed by atoms with Crippen LogP contribution in [0.3, 0.4) is 0 Å². The average molecular weight is 683 g/mol. The fourth-order valence-electron chi connectivity index (χ4n) is 8.49. The van der Waals surface area contributed by atoms with Crippen molar-refractivity contribution in [2.45, 2.75) is 38.5 Å². The SMILES string of the molecule is CC1(C)c2cc3c(cc2-c2c(ccc4ccccc24)C1(C)C)c1ccccc1n3-c1cccc(-c2nc(-c3ccccc3)nc(-c3ccccc3)n2)c1. The molecule has 10 rings (SSSR count). The lowest BCUT2D eigenvalue weighted by molar-refractivity contribution is 0.299. The van der Waals surface area contributed by atoms with E-state index in [1.807, 2.05) is 60.7 Å². The lowest BCUT2D eigenvalue weighted by Crippen LogP contribution is -2.43. The average Bonchev–Trinajstić information content (AvgIpc) is 3.53. The first-order valence-electron chi connectivity index (χ1n) is 18.4. The largest absolute Gasteiger partial charge is 0.309 e. The molecule has 2 aromatic heterocycles. The van der Waals surface area contributed by atoms with Crippen LogP contribution in [0.15, 0.2) is 158 Å². The number of nitrogens with zero attached hydrogens (tertiary/aromatic N) is 4. The molecule has 0 spiro atoms. The van der Waals surface area contributed by atoms with E-state index in [1.54, 1.807) is 0 Å². The van der Waals surface area contributed by atoms with E-state index >= 15 is 0 Å². The zero-order chi connectivity index (χ0) is 35.9. The Labute approximate surface area is 309 Å². The summed E-state index contributed by atoms with van der Waals surface area (Å²) in [6.45, 7) is 9.65. The van der Waals surface area contributed by atoms with Crippen LogP contribution >= 0.6 is 0 Å². The van der Waals surface area contributed by atoms with Gasteiger partial charge in [-0.1, -0.05) is 155 Å². The topological polar surface area (TPSA) is 43.6 Å². The Hall–Kier alpha value is -6.39. The molecule has 9 aromatic rings. The van der Waals surface area contributed by atoms with Gasteiger partial charge >= 0.3 is 0 Å². The van der Waals surface area contributed by atoms with Crippen LogP contribution in [0.4, 0.5) is 0 Å². The van der Waals surface area contributed by atoms with Gasteiger partial charge in [-0.15, -0.1) is 0 Å². The Morgan fingerprint density at radius 2 is 0.981 bits per heavy atom. The lowest BCUT2D eigenvalue weighted by Gasteiger charge is -2.48. The molecule has 0 bridgehead atoms. The highest BCUT2D eigenvalue weighted by Crippen LogP contribution is 2.56. The first-order chi connectivity index (χ1) is 25.8. The molecule has 2 heterocycles. The lowest BCUT2D eigenvalue weighted by atomic mass is 9.55. The summed E-state index contributed by atoms with van der Waals surface area (Å²) < 4.78 is 2.42. The molecule has 0 aliphatic heterocycles. The second kappa shape index (κ2) is 11.6. The van der Waals surface area contributed by atoms with Crippen molar-refractivity contribution in [2.75, 3.05) is 0 Å². The summed E-state index contributed by atoms with van der Waals surface area (Å²) in [5.74, 6) is 1.95. The molecule has 0 unspecified atom stereocenters. The number of rotatable bonds is 4. The van der Waals surface area contributed by atoms with Crippen LogP contribution in [-0.4, -0.2) is 19.5 Å². The molecule has 4 heteroatoms. The Balaban J connectivity index is 1.22. The third-order valence-corrected chi connectivity index (χ3v) is 12.0. The Kier molecular flexibility index (Phi) is 6.84. The minimum Gasteiger partial charge on any atom is -0.309 e. The summed E-state index contributed by atoms with van der Waals surface area (Å²) in [6, 6.07) is 56.2. The summed E-state index contributed by atoms with van der Waals surface area (Å²) in [4.78, 5) is 15.0. The normalized spacial score (nSPS) is 14.3. The van der Waals surface area contributed by atoms with Crippen LogP contribution in [0, 0.1) is 0 Å². The number of aromatic nitrogens is 4. The highest BCUT2D eigenvalue weighted by atomic mass is 15.0. The van der Waals surface area contributed by atoms with Gasteiger partial charge in [-0.2, -0.15) is 0 Å². The predicted octanol–water partition coefficient (Wildman–Crippen LogP) is 12.4. The predicted molar refractivity (Wildman–Crippen MR) is 219 cm³/mol. The van der Waals surface area contributed by atoms with Crippen LogP contribution in [0.25, 0.3) is 83.6 Å². The van der Waals surface area contributed by atoms with E-state index in [4.69, 9.17) is 15.0 Å². The van der Waals surface area contributed by atoms with E-state index in [9.17, 15) is 0 Å². The van der Waals surface area contributed by atoms with E-state index < -0.39 is 0 Å². The molecule has 53 heavy (non-hydrogen) atoms. The molecule has 7 aromatic carbocycles. The molecule has 0 radical (unpaired) electrons. The summed E-state index contributed by atoms with van der Waals surface area (Å²) in [5.41, 5.74) is 11.5. The van der Waals surface area contributed by atoms with Crippen molar-refractivity contribution < 1.29 is 0 Å².